The van der Waals surface area contributed by atoms with Crippen LogP contribution in [0.3, 0.4) is 0 Å². The number of hydrogen-bond donors (Lipinski definition) is 0. The molecule has 19 heavy (non-hydrogen) atoms. The van der Waals surface area contributed by atoms with Gasteiger partial charge in [-0.15, -0.1) is 0 Å². The van der Waals surface area contributed by atoms with Crippen LogP contribution in [0.1, 0.15) is 38.3 Å². The molecule has 0 radical (unpaired) electrons. The maximum Gasteiger partial charge on any atom is 0.308 e. The van der Waals surface area contributed by atoms with E-state index in [0.717, 1.165) is 37.4 Å². The Morgan fingerprint density at radius 1 is 1.37 bits per heavy atom. The van der Waals surface area contributed by atoms with Crippen LogP contribution in [0.2, 0.25) is 0 Å². The standard InChI is InChI=1S/C14H21N3O2/c1-10(2)12-8-13(16-9-15-12)17-6-4-11(5-7-17)14(18)19-3/h8-11H,4-7H2,1-3H3. The molecule has 0 amide bonds. The summed E-state index contributed by atoms with van der Waals surface area (Å²) < 4.78 is 4.80. The summed E-state index contributed by atoms with van der Waals surface area (Å²) in [6.07, 6.45) is 3.28. The van der Waals surface area contributed by atoms with Gasteiger partial charge in [0, 0.05) is 24.8 Å². The SMILES string of the molecule is COC(=O)C1CCN(c2cc(C(C)C)ncn2)CC1. The van der Waals surface area contributed by atoms with Crippen LogP contribution >= 0.6 is 0 Å². The monoisotopic (exact) mass is 263 g/mol. The number of anilines is 1. The van der Waals surface area contributed by atoms with Crippen molar-refractivity contribution >= 4 is 11.8 Å². The van der Waals surface area contributed by atoms with Crippen molar-refractivity contribution in [3.63, 3.8) is 0 Å². The molecule has 5 heteroatoms. The maximum absolute atomic E-state index is 11.5. The Balaban J connectivity index is 2.01. The molecule has 1 saturated heterocycles. The van der Waals surface area contributed by atoms with E-state index in [9.17, 15) is 4.79 Å². The smallest absolute Gasteiger partial charge is 0.308 e. The Labute approximate surface area is 114 Å². The predicted molar refractivity (Wildman–Crippen MR) is 73.1 cm³/mol. The van der Waals surface area contributed by atoms with Crippen LogP contribution in [0.4, 0.5) is 5.82 Å². The first-order valence-corrected chi connectivity index (χ1v) is 6.76. The van der Waals surface area contributed by atoms with Crippen molar-refractivity contribution < 1.29 is 9.53 Å². The Morgan fingerprint density at radius 2 is 2.05 bits per heavy atom. The van der Waals surface area contributed by atoms with E-state index in [0.29, 0.717) is 5.92 Å². The van der Waals surface area contributed by atoms with E-state index < -0.39 is 0 Å². The summed E-state index contributed by atoms with van der Waals surface area (Å²) in [6, 6.07) is 2.04. The number of methoxy groups -OCH3 is 1. The Hall–Kier alpha value is -1.65. The van der Waals surface area contributed by atoms with Gasteiger partial charge < -0.3 is 9.64 Å². The lowest BCUT2D eigenvalue weighted by Crippen LogP contribution is -2.37. The summed E-state index contributed by atoms with van der Waals surface area (Å²) in [5.41, 5.74) is 1.06. The summed E-state index contributed by atoms with van der Waals surface area (Å²) in [6.45, 7) is 5.92. The quantitative estimate of drug-likeness (QED) is 0.781. The average molecular weight is 263 g/mol. The molecular formula is C14H21N3O2. The third-order valence-electron chi connectivity index (χ3n) is 3.62. The van der Waals surface area contributed by atoms with Gasteiger partial charge in [0.2, 0.25) is 0 Å². The molecule has 0 unspecified atom stereocenters. The fraction of sp³-hybridized carbons (Fsp3) is 0.643. The molecule has 5 nitrogen and oxygen atoms in total. The summed E-state index contributed by atoms with van der Waals surface area (Å²) in [7, 11) is 1.45. The molecule has 1 aromatic heterocycles. The fourth-order valence-corrected chi connectivity index (χ4v) is 2.36. The number of nitrogens with zero attached hydrogens (tertiary/aromatic N) is 3. The van der Waals surface area contributed by atoms with Crippen molar-refractivity contribution in [2.24, 2.45) is 5.92 Å². The van der Waals surface area contributed by atoms with Crippen LogP contribution in [0.15, 0.2) is 12.4 Å². The average Bonchev–Trinajstić information content (AvgIpc) is 2.46. The number of rotatable bonds is 3. The highest BCUT2D eigenvalue weighted by Crippen LogP contribution is 2.24. The third kappa shape index (κ3) is 3.22. The highest BCUT2D eigenvalue weighted by atomic mass is 16.5. The molecule has 0 spiro atoms. The number of carbonyl (C=O) groups excluding carboxylic acids is 1. The molecule has 1 aliphatic heterocycles. The fourth-order valence-electron chi connectivity index (χ4n) is 2.36. The molecule has 104 valence electrons. The maximum atomic E-state index is 11.5. The molecule has 2 heterocycles. The predicted octanol–water partition coefficient (Wildman–Crippen LogP) is 1.99. The van der Waals surface area contributed by atoms with Gasteiger partial charge in [-0.25, -0.2) is 9.97 Å². The van der Waals surface area contributed by atoms with E-state index >= 15 is 0 Å². The van der Waals surface area contributed by atoms with Crippen LogP contribution in [0.5, 0.6) is 0 Å². The van der Waals surface area contributed by atoms with E-state index in [1.54, 1.807) is 6.33 Å². The molecule has 0 atom stereocenters. The topological polar surface area (TPSA) is 55.3 Å². The van der Waals surface area contributed by atoms with Crippen LogP contribution in [0, 0.1) is 5.92 Å². The van der Waals surface area contributed by atoms with Crippen LogP contribution in [-0.4, -0.2) is 36.1 Å². The van der Waals surface area contributed by atoms with Gasteiger partial charge in [0.25, 0.3) is 0 Å². The first-order valence-electron chi connectivity index (χ1n) is 6.76. The highest BCUT2D eigenvalue weighted by Gasteiger charge is 2.26. The van der Waals surface area contributed by atoms with Crippen molar-refractivity contribution in [2.45, 2.75) is 32.6 Å². The van der Waals surface area contributed by atoms with Crippen molar-refractivity contribution in [1.29, 1.82) is 0 Å². The van der Waals surface area contributed by atoms with Crippen molar-refractivity contribution in [3.8, 4) is 0 Å². The van der Waals surface area contributed by atoms with E-state index in [-0.39, 0.29) is 11.9 Å². The molecular weight excluding hydrogens is 242 g/mol. The van der Waals surface area contributed by atoms with Crippen molar-refractivity contribution in [2.75, 3.05) is 25.1 Å². The number of ether oxygens (including phenoxy) is 1. The van der Waals surface area contributed by atoms with E-state index in [1.807, 2.05) is 6.07 Å². The summed E-state index contributed by atoms with van der Waals surface area (Å²) in [4.78, 5) is 22.3. The van der Waals surface area contributed by atoms with Gasteiger partial charge in [-0.2, -0.15) is 0 Å². The summed E-state index contributed by atoms with van der Waals surface area (Å²) >= 11 is 0. The highest BCUT2D eigenvalue weighted by molar-refractivity contribution is 5.72. The zero-order valence-electron chi connectivity index (χ0n) is 11.8. The number of esters is 1. The minimum atomic E-state index is -0.0924. The zero-order valence-corrected chi connectivity index (χ0v) is 11.8. The number of aromatic nitrogens is 2. The minimum absolute atomic E-state index is 0.0349. The summed E-state index contributed by atoms with van der Waals surface area (Å²) in [5.74, 6) is 1.30. The zero-order chi connectivity index (χ0) is 13.8. The van der Waals surface area contributed by atoms with Crippen LogP contribution in [0.25, 0.3) is 0 Å². The lowest BCUT2D eigenvalue weighted by molar-refractivity contribution is -0.146. The molecule has 2 rings (SSSR count). The molecule has 1 aromatic rings. The second kappa shape index (κ2) is 5.99. The van der Waals surface area contributed by atoms with Gasteiger partial charge in [-0.1, -0.05) is 13.8 Å². The minimum Gasteiger partial charge on any atom is -0.469 e. The van der Waals surface area contributed by atoms with Crippen LogP contribution in [-0.2, 0) is 9.53 Å². The van der Waals surface area contributed by atoms with Gasteiger partial charge >= 0.3 is 5.97 Å². The number of carbonyl (C=O) groups is 1. The molecule has 0 aromatic carbocycles. The van der Waals surface area contributed by atoms with E-state index in [4.69, 9.17) is 4.74 Å². The third-order valence-corrected chi connectivity index (χ3v) is 3.62. The lowest BCUT2D eigenvalue weighted by Gasteiger charge is -2.31. The lowest BCUT2D eigenvalue weighted by atomic mass is 9.97. The number of piperidine rings is 1. The first kappa shape index (κ1) is 13.8. The van der Waals surface area contributed by atoms with Gasteiger partial charge in [0.1, 0.15) is 12.1 Å². The van der Waals surface area contributed by atoms with Gasteiger partial charge in [-0.3, -0.25) is 4.79 Å². The van der Waals surface area contributed by atoms with Crippen molar-refractivity contribution in [1.82, 2.24) is 9.97 Å². The second-order valence-electron chi connectivity index (χ2n) is 5.24. The molecule has 0 N–H and O–H groups in total. The molecule has 1 aliphatic rings. The Bertz CT molecular complexity index is 440. The Morgan fingerprint density at radius 3 is 2.63 bits per heavy atom. The molecule has 0 saturated carbocycles. The molecule has 0 aliphatic carbocycles. The second-order valence-corrected chi connectivity index (χ2v) is 5.24. The number of hydrogen-bond acceptors (Lipinski definition) is 5. The van der Waals surface area contributed by atoms with Crippen LogP contribution < -0.4 is 4.90 Å². The molecule has 0 bridgehead atoms. The van der Waals surface area contributed by atoms with Gasteiger partial charge in [0.15, 0.2) is 0 Å². The van der Waals surface area contributed by atoms with E-state index in [2.05, 4.69) is 28.7 Å². The van der Waals surface area contributed by atoms with Crippen molar-refractivity contribution in [3.05, 3.63) is 18.1 Å². The normalized spacial score (nSPS) is 16.7. The Kier molecular flexibility index (Phi) is 4.35. The largest absolute Gasteiger partial charge is 0.469 e. The first-order chi connectivity index (χ1) is 9.11. The van der Waals surface area contributed by atoms with E-state index in [1.165, 1.54) is 7.11 Å². The van der Waals surface area contributed by atoms with Gasteiger partial charge in [0.05, 0.1) is 13.0 Å². The van der Waals surface area contributed by atoms with Gasteiger partial charge in [-0.05, 0) is 18.8 Å². The molecule has 1 fully saturated rings. The summed E-state index contributed by atoms with van der Waals surface area (Å²) in [5, 5.41) is 0.